The van der Waals surface area contributed by atoms with Crippen LogP contribution in [-0.2, 0) is 23.0 Å². The molecule has 2 aromatic rings. The molecule has 2 rings (SSSR count). The molecule has 19 heavy (non-hydrogen) atoms. The fourth-order valence-electron chi connectivity index (χ4n) is 1.54. The van der Waals surface area contributed by atoms with Crippen LogP contribution in [0, 0.1) is 6.92 Å². The Balaban J connectivity index is 2.07. The van der Waals surface area contributed by atoms with Crippen molar-refractivity contribution in [1.29, 1.82) is 0 Å². The molecule has 0 aromatic carbocycles. The van der Waals surface area contributed by atoms with Crippen LogP contribution in [0.2, 0.25) is 0 Å². The first kappa shape index (κ1) is 14.2. The smallest absolute Gasteiger partial charge is 0.250 e. The van der Waals surface area contributed by atoms with Crippen LogP contribution in [0.15, 0.2) is 22.5 Å². The quantitative estimate of drug-likeness (QED) is 0.735. The van der Waals surface area contributed by atoms with Crippen LogP contribution in [0.1, 0.15) is 16.1 Å². The molecule has 0 radical (unpaired) electrons. The highest BCUT2D eigenvalue weighted by Gasteiger charge is 2.17. The van der Waals surface area contributed by atoms with Gasteiger partial charge in [-0.05, 0) is 19.1 Å². The first-order chi connectivity index (χ1) is 9.03. The fourth-order valence-corrected chi connectivity index (χ4v) is 3.94. The molecule has 0 spiro atoms. The number of aliphatic hydroxyl groups excluding tert-OH is 1. The van der Waals surface area contributed by atoms with E-state index in [4.69, 9.17) is 5.11 Å². The van der Waals surface area contributed by atoms with Crippen LogP contribution in [-0.4, -0.2) is 30.3 Å². The molecule has 0 aliphatic carbocycles. The number of hydrogen-bond donors (Lipinski definition) is 3. The monoisotopic (exact) mass is 301 g/mol. The van der Waals surface area contributed by atoms with Gasteiger partial charge in [0.05, 0.1) is 6.20 Å². The molecular formula is C11H15N3O3S2. The lowest BCUT2D eigenvalue weighted by Gasteiger charge is -2.03. The summed E-state index contributed by atoms with van der Waals surface area (Å²) in [7, 11) is -3.51. The summed E-state index contributed by atoms with van der Waals surface area (Å²) in [5.41, 5.74) is 1.66. The average Bonchev–Trinajstić information content (AvgIpc) is 2.97. The lowest BCUT2D eigenvalue weighted by molar-refractivity contribution is 0.300. The third kappa shape index (κ3) is 3.41. The van der Waals surface area contributed by atoms with Crippen molar-refractivity contribution < 1.29 is 13.5 Å². The van der Waals surface area contributed by atoms with E-state index in [0.29, 0.717) is 6.42 Å². The number of rotatable bonds is 6. The standard InChI is InChI=1S/C11H15N3O3S2/c1-8-9(6-12-14-8)7-13-19(16,17)11-3-2-10(18-11)4-5-15/h2-3,6,13,15H,4-5,7H2,1H3,(H,12,14). The number of nitrogens with zero attached hydrogens (tertiary/aromatic N) is 1. The van der Waals surface area contributed by atoms with Gasteiger partial charge < -0.3 is 5.11 Å². The Kier molecular flexibility index (Phi) is 4.35. The molecule has 104 valence electrons. The highest BCUT2D eigenvalue weighted by molar-refractivity contribution is 7.91. The predicted molar refractivity (Wildman–Crippen MR) is 72.5 cm³/mol. The van der Waals surface area contributed by atoms with Crippen molar-refractivity contribution in [3.05, 3.63) is 34.5 Å². The number of aliphatic hydroxyl groups is 1. The molecule has 0 saturated carbocycles. The SMILES string of the molecule is Cc1[nH]ncc1CNS(=O)(=O)c1ccc(CCO)s1. The van der Waals surface area contributed by atoms with Crippen molar-refractivity contribution in [2.45, 2.75) is 24.1 Å². The zero-order valence-corrected chi connectivity index (χ0v) is 12.0. The highest BCUT2D eigenvalue weighted by atomic mass is 32.2. The number of hydrogen-bond acceptors (Lipinski definition) is 5. The second-order valence-electron chi connectivity index (χ2n) is 4.04. The molecule has 8 heteroatoms. The van der Waals surface area contributed by atoms with Gasteiger partial charge in [0.1, 0.15) is 4.21 Å². The summed E-state index contributed by atoms with van der Waals surface area (Å²) < 4.78 is 26.9. The average molecular weight is 301 g/mol. The Bertz CT molecular complexity index is 646. The Morgan fingerprint density at radius 3 is 2.89 bits per heavy atom. The number of aromatic nitrogens is 2. The van der Waals surface area contributed by atoms with Gasteiger partial charge in [-0.15, -0.1) is 11.3 Å². The van der Waals surface area contributed by atoms with Crippen LogP contribution < -0.4 is 4.72 Å². The summed E-state index contributed by atoms with van der Waals surface area (Å²) in [5.74, 6) is 0. The number of sulfonamides is 1. The minimum atomic E-state index is -3.51. The summed E-state index contributed by atoms with van der Waals surface area (Å²) in [5, 5.41) is 15.4. The maximum Gasteiger partial charge on any atom is 0.250 e. The summed E-state index contributed by atoms with van der Waals surface area (Å²) in [6.45, 7) is 2.06. The van der Waals surface area contributed by atoms with E-state index in [2.05, 4.69) is 14.9 Å². The molecule has 0 aliphatic rings. The van der Waals surface area contributed by atoms with E-state index < -0.39 is 10.0 Å². The minimum absolute atomic E-state index is 0.0155. The number of nitrogens with one attached hydrogen (secondary N) is 2. The molecule has 0 atom stereocenters. The zero-order chi connectivity index (χ0) is 13.9. The lowest BCUT2D eigenvalue weighted by atomic mass is 10.3. The molecule has 0 amide bonds. The molecule has 2 heterocycles. The van der Waals surface area contributed by atoms with Gasteiger partial charge in [-0.2, -0.15) is 5.10 Å². The number of H-pyrrole nitrogens is 1. The molecule has 0 bridgehead atoms. The van der Waals surface area contributed by atoms with E-state index in [9.17, 15) is 8.42 Å². The summed E-state index contributed by atoms with van der Waals surface area (Å²) >= 11 is 1.17. The number of aromatic amines is 1. The second kappa shape index (κ2) is 5.83. The van der Waals surface area contributed by atoms with Gasteiger partial charge in [-0.1, -0.05) is 0 Å². The van der Waals surface area contributed by atoms with Gasteiger partial charge >= 0.3 is 0 Å². The molecule has 3 N–H and O–H groups in total. The van der Waals surface area contributed by atoms with Crippen molar-refractivity contribution in [3.63, 3.8) is 0 Å². The van der Waals surface area contributed by atoms with Crippen LogP contribution in [0.4, 0.5) is 0 Å². The topological polar surface area (TPSA) is 95.1 Å². The van der Waals surface area contributed by atoms with Crippen LogP contribution in [0.5, 0.6) is 0 Å². The van der Waals surface area contributed by atoms with E-state index in [1.807, 2.05) is 6.92 Å². The van der Waals surface area contributed by atoms with Crippen molar-refractivity contribution >= 4 is 21.4 Å². The number of thiophene rings is 1. The molecule has 6 nitrogen and oxygen atoms in total. The molecule has 0 unspecified atom stereocenters. The van der Waals surface area contributed by atoms with Crippen LogP contribution in [0.3, 0.4) is 0 Å². The van der Waals surface area contributed by atoms with Gasteiger partial charge in [-0.25, -0.2) is 13.1 Å². The number of aryl methyl sites for hydroxylation is 1. The van der Waals surface area contributed by atoms with Crippen molar-refractivity contribution in [1.82, 2.24) is 14.9 Å². The third-order valence-electron chi connectivity index (χ3n) is 2.65. The zero-order valence-electron chi connectivity index (χ0n) is 10.4. The van der Waals surface area contributed by atoms with Crippen molar-refractivity contribution in [3.8, 4) is 0 Å². The summed E-state index contributed by atoms with van der Waals surface area (Å²) in [6.07, 6.45) is 2.07. The Morgan fingerprint density at radius 2 is 2.26 bits per heavy atom. The molecule has 0 aliphatic heterocycles. The first-order valence-electron chi connectivity index (χ1n) is 5.71. The van der Waals surface area contributed by atoms with Gasteiger partial charge in [0, 0.05) is 35.7 Å². The maximum atomic E-state index is 12.1. The van der Waals surface area contributed by atoms with Crippen LogP contribution >= 0.6 is 11.3 Å². The first-order valence-corrected chi connectivity index (χ1v) is 8.01. The molecular weight excluding hydrogens is 286 g/mol. The molecule has 0 saturated heterocycles. The maximum absolute atomic E-state index is 12.1. The Hall–Kier alpha value is -1.22. The van der Waals surface area contributed by atoms with Gasteiger partial charge in [0.15, 0.2) is 0 Å². The van der Waals surface area contributed by atoms with E-state index in [0.717, 1.165) is 16.1 Å². The van der Waals surface area contributed by atoms with E-state index in [1.165, 1.54) is 11.3 Å². The minimum Gasteiger partial charge on any atom is -0.396 e. The normalized spacial score (nSPS) is 11.9. The van der Waals surface area contributed by atoms with Crippen LogP contribution in [0.25, 0.3) is 0 Å². The summed E-state index contributed by atoms with van der Waals surface area (Å²) in [4.78, 5) is 0.849. The largest absolute Gasteiger partial charge is 0.396 e. The Morgan fingerprint density at radius 1 is 1.47 bits per heavy atom. The second-order valence-corrected chi connectivity index (χ2v) is 7.20. The predicted octanol–water partition coefficient (Wildman–Crippen LogP) is 0.793. The van der Waals surface area contributed by atoms with E-state index >= 15 is 0 Å². The van der Waals surface area contributed by atoms with Gasteiger partial charge in [0.2, 0.25) is 10.0 Å². The summed E-state index contributed by atoms with van der Waals surface area (Å²) in [6, 6.07) is 3.28. The van der Waals surface area contributed by atoms with Gasteiger partial charge in [0.25, 0.3) is 0 Å². The van der Waals surface area contributed by atoms with E-state index in [1.54, 1.807) is 18.3 Å². The van der Waals surface area contributed by atoms with Crippen molar-refractivity contribution in [2.75, 3.05) is 6.61 Å². The highest BCUT2D eigenvalue weighted by Crippen LogP contribution is 2.22. The molecule has 0 fully saturated rings. The lowest BCUT2D eigenvalue weighted by Crippen LogP contribution is -2.22. The third-order valence-corrected chi connectivity index (χ3v) is 5.69. The van der Waals surface area contributed by atoms with Crippen molar-refractivity contribution in [2.24, 2.45) is 0 Å². The Labute approximate surface area is 115 Å². The van der Waals surface area contributed by atoms with Gasteiger partial charge in [-0.3, -0.25) is 5.10 Å². The fraction of sp³-hybridized carbons (Fsp3) is 0.364. The van der Waals surface area contributed by atoms with E-state index in [-0.39, 0.29) is 17.4 Å². The molecule has 2 aromatic heterocycles.